The van der Waals surface area contributed by atoms with Crippen molar-refractivity contribution in [2.45, 2.75) is 52.9 Å². The lowest BCUT2D eigenvalue weighted by molar-refractivity contribution is 0.0505. The molecule has 0 saturated heterocycles. The lowest BCUT2D eigenvalue weighted by Crippen LogP contribution is -2.15. The van der Waals surface area contributed by atoms with Crippen LogP contribution in [0.15, 0.2) is 28.7 Å². The number of para-hydroxylation sites is 1. The van der Waals surface area contributed by atoms with Crippen LogP contribution in [0, 0.1) is 0 Å². The molecule has 0 saturated carbocycles. The van der Waals surface area contributed by atoms with Gasteiger partial charge in [0.05, 0.1) is 19.3 Å². The second-order valence-electron chi connectivity index (χ2n) is 5.21. The molecule has 0 aliphatic carbocycles. The largest absolute Gasteiger partial charge is 0.459 e. The first-order valence-electron chi connectivity index (χ1n) is 7.57. The monoisotopic (exact) mass is 275 g/mol. The van der Waals surface area contributed by atoms with Gasteiger partial charge in [-0.25, -0.2) is 0 Å². The topological polar surface area (TPSA) is 34.4 Å². The molecule has 0 spiro atoms. The lowest BCUT2D eigenvalue weighted by Gasteiger charge is -2.11. The first-order valence-corrected chi connectivity index (χ1v) is 7.57. The Morgan fingerprint density at radius 1 is 1.25 bits per heavy atom. The number of nitrogens with one attached hydrogen (secondary N) is 1. The van der Waals surface area contributed by atoms with Crippen LogP contribution in [0.1, 0.15) is 44.9 Å². The second-order valence-corrected chi connectivity index (χ2v) is 5.21. The van der Waals surface area contributed by atoms with Gasteiger partial charge in [0.2, 0.25) is 0 Å². The Kier molecular flexibility index (Phi) is 5.62. The number of rotatable bonds is 8. The number of benzene rings is 1. The highest BCUT2D eigenvalue weighted by Crippen LogP contribution is 2.27. The zero-order valence-corrected chi connectivity index (χ0v) is 12.7. The maximum absolute atomic E-state index is 5.97. The summed E-state index contributed by atoms with van der Waals surface area (Å²) in [5, 5.41) is 4.58. The van der Waals surface area contributed by atoms with Crippen LogP contribution in [-0.2, 0) is 17.9 Å². The fraction of sp³-hybridized carbons (Fsp3) is 0.529. The predicted molar refractivity (Wildman–Crippen MR) is 82.8 cm³/mol. The molecule has 2 rings (SSSR count). The van der Waals surface area contributed by atoms with Crippen LogP contribution in [0.25, 0.3) is 11.0 Å². The maximum Gasteiger partial charge on any atom is 0.134 e. The van der Waals surface area contributed by atoms with E-state index >= 15 is 0 Å². The molecule has 2 aromatic rings. The molecule has 0 aliphatic heterocycles. The van der Waals surface area contributed by atoms with Crippen molar-refractivity contribution in [1.82, 2.24) is 5.32 Å². The average Bonchev–Trinajstić information content (AvgIpc) is 2.82. The van der Waals surface area contributed by atoms with Gasteiger partial charge in [-0.1, -0.05) is 32.0 Å². The molecule has 3 nitrogen and oxygen atoms in total. The van der Waals surface area contributed by atoms with Gasteiger partial charge in [0.25, 0.3) is 0 Å². The Morgan fingerprint density at radius 3 is 2.80 bits per heavy atom. The van der Waals surface area contributed by atoms with Gasteiger partial charge >= 0.3 is 0 Å². The van der Waals surface area contributed by atoms with E-state index in [0.29, 0.717) is 6.61 Å². The minimum Gasteiger partial charge on any atom is -0.459 e. The summed E-state index contributed by atoms with van der Waals surface area (Å²) in [6.45, 7) is 8.80. The van der Waals surface area contributed by atoms with Crippen LogP contribution in [0.5, 0.6) is 0 Å². The van der Waals surface area contributed by atoms with Crippen molar-refractivity contribution in [3.05, 3.63) is 35.6 Å². The number of hydrogen-bond acceptors (Lipinski definition) is 3. The molecule has 3 heteroatoms. The van der Waals surface area contributed by atoms with Crippen LogP contribution in [0.3, 0.4) is 0 Å². The van der Waals surface area contributed by atoms with Crippen molar-refractivity contribution in [1.29, 1.82) is 0 Å². The van der Waals surface area contributed by atoms with Gasteiger partial charge in [-0.2, -0.15) is 0 Å². The zero-order valence-electron chi connectivity index (χ0n) is 12.7. The van der Waals surface area contributed by atoms with Crippen LogP contribution in [-0.4, -0.2) is 12.6 Å². The predicted octanol–water partition coefficient (Wildman–Crippen LogP) is 4.25. The highest BCUT2D eigenvalue weighted by Gasteiger charge is 2.14. The van der Waals surface area contributed by atoms with E-state index in [2.05, 4.69) is 32.2 Å². The Labute approximate surface area is 121 Å². The third-order valence-electron chi connectivity index (χ3n) is 3.58. The second kappa shape index (κ2) is 7.46. The molecular weight excluding hydrogens is 250 g/mol. The quantitative estimate of drug-likeness (QED) is 0.731. The van der Waals surface area contributed by atoms with Gasteiger partial charge in [-0.3, -0.25) is 0 Å². The molecule has 1 heterocycles. The Balaban J connectivity index is 2.20. The number of ether oxygens (including phenoxy) is 1. The van der Waals surface area contributed by atoms with Crippen LogP contribution in [0.4, 0.5) is 0 Å². The van der Waals surface area contributed by atoms with Gasteiger partial charge in [-0.15, -0.1) is 0 Å². The molecule has 1 aromatic carbocycles. The van der Waals surface area contributed by atoms with Crippen molar-refractivity contribution in [3.8, 4) is 0 Å². The molecule has 1 aromatic heterocycles. The Hall–Kier alpha value is -1.32. The molecule has 1 atom stereocenters. The van der Waals surface area contributed by atoms with E-state index in [9.17, 15) is 0 Å². The fourth-order valence-electron chi connectivity index (χ4n) is 2.17. The lowest BCUT2D eigenvalue weighted by atomic mass is 10.1. The minimum absolute atomic E-state index is 0.278. The highest BCUT2D eigenvalue weighted by molar-refractivity contribution is 5.82. The SMILES string of the molecule is CCCNCc1oc2ccccc2c1COC(C)CC. The van der Waals surface area contributed by atoms with Crippen molar-refractivity contribution in [2.24, 2.45) is 0 Å². The molecule has 110 valence electrons. The summed E-state index contributed by atoms with van der Waals surface area (Å²) < 4.78 is 11.9. The molecule has 0 amide bonds. The smallest absolute Gasteiger partial charge is 0.134 e. The summed E-state index contributed by atoms with van der Waals surface area (Å²) in [5.74, 6) is 1.00. The van der Waals surface area contributed by atoms with Crippen molar-refractivity contribution in [2.75, 3.05) is 6.54 Å². The Bertz CT molecular complexity index is 533. The maximum atomic E-state index is 5.97. The zero-order chi connectivity index (χ0) is 14.4. The van der Waals surface area contributed by atoms with Crippen LogP contribution >= 0.6 is 0 Å². The highest BCUT2D eigenvalue weighted by atomic mass is 16.5. The van der Waals surface area contributed by atoms with E-state index in [1.807, 2.05) is 18.2 Å². The van der Waals surface area contributed by atoms with Crippen LogP contribution in [0.2, 0.25) is 0 Å². The number of furan rings is 1. The van der Waals surface area contributed by atoms with Gasteiger partial charge in [-0.05, 0) is 32.4 Å². The van der Waals surface area contributed by atoms with Crippen molar-refractivity contribution >= 4 is 11.0 Å². The molecule has 20 heavy (non-hydrogen) atoms. The number of hydrogen-bond donors (Lipinski definition) is 1. The van der Waals surface area contributed by atoms with Crippen molar-refractivity contribution in [3.63, 3.8) is 0 Å². The molecular formula is C17H25NO2. The van der Waals surface area contributed by atoms with E-state index < -0.39 is 0 Å². The average molecular weight is 275 g/mol. The molecule has 0 fully saturated rings. The van der Waals surface area contributed by atoms with Gasteiger partial charge in [0.1, 0.15) is 11.3 Å². The fourth-order valence-corrected chi connectivity index (χ4v) is 2.17. The van der Waals surface area contributed by atoms with E-state index in [0.717, 1.165) is 37.3 Å². The van der Waals surface area contributed by atoms with E-state index in [1.54, 1.807) is 0 Å². The molecule has 1 unspecified atom stereocenters. The summed E-state index contributed by atoms with van der Waals surface area (Å²) in [6, 6.07) is 8.19. The van der Waals surface area contributed by atoms with E-state index in [4.69, 9.17) is 9.15 Å². The summed E-state index contributed by atoms with van der Waals surface area (Å²) in [5.41, 5.74) is 2.13. The van der Waals surface area contributed by atoms with E-state index in [1.165, 1.54) is 10.9 Å². The summed E-state index contributed by atoms with van der Waals surface area (Å²) in [6.07, 6.45) is 2.43. The normalized spacial score (nSPS) is 12.9. The summed E-state index contributed by atoms with van der Waals surface area (Å²) in [4.78, 5) is 0. The molecule has 0 aliphatic rings. The summed E-state index contributed by atoms with van der Waals surface area (Å²) in [7, 11) is 0. The molecule has 0 bridgehead atoms. The minimum atomic E-state index is 0.278. The van der Waals surface area contributed by atoms with Gasteiger partial charge < -0.3 is 14.5 Å². The van der Waals surface area contributed by atoms with E-state index in [-0.39, 0.29) is 6.10 Å². The third-order valence-corrected chi connectivity index (χ3v) is 3.58. The first kappa shape index (κ1) is 15.1. The third kappa shape index (κ3) is 3.62. The van der Waals surface area contributed by atoms with Crippen LogP contribution < -0.4 is 5.32 Å². The first-order chi connectivity index (χ1) is 9.76. The number of fused-ring (bicyclic) bond motifs is 1. The summed E-state index contributed by atoms with van der Waals surface area (Å²) >= 11 is 0. The standard InChI is InChI=1S/C17H25NO2/c1-4-10-18-11-17-15(12-19-13(3)5-2)14-8-6-7-9-16(14)20-17/h6-9,13,18H,4-5,10-12H2,1-3H3. The molecule has 0 radical (unpaired) electrons. The van der Waals surface area contributed by atoms with Gasteiger partial charge in [0, 0.05) is 10.9 Å². The molecule has 1 N–H and O–H groups in total. The van der Waals surface area contributed by atoms with Crippen molar-refractivity contribution < 1.29 is 9.15 Å². The van der Waals surface area contributed by atoms with Gasteiger partial charge in [0.15, 0.2) is 0 Å². The Morgan fingerprint density at radius 2 is 2.05 bits per heavy atom.